The van der Waals surface area contributed by atoms with Crippen LogP contribution in [0.15, 0.2) is 47.2 Å². The largest absolute Gasteiger partial charge is 0.379 e. The summed E-state index contributed by atoms with van der Waals surface area (Å²) < 4.78 is 8.28. The van der Waals surface area contributed by atoms with Crippen molar-refractivity contribution < 1.29 is 14.3 Å². The second-order valence-electron chi connectivity index (χ2n) is 7.90. The van der Waals surface area contributed by atoms with E-state index < -0.39 is 0 Å². The molecule has 2 aliphatic heterocycles. The Labute approximate surface area is 181 Å². The monoisotopic (exact) mass is 466 g/mol. The Morgan fingerprint density at radius 3 is 2.77 bits per heavy atom. The SMILES string of the molecule is Cn1cnnc1CC1(c2cccc(N3Cc4c(Br)cc(C=O)cc4C3=O)c2)COC1. The molecule has 7 nitrogen and oxygen atoms in total. The molecule has 0 bridgehead atoms. The summed E-state index contributed by atoms with van der Waals surface area (Å²) in [6.45, 7) is 1.67. The van der Waals surface area contributed by atoms with Crippen molar-refractivity contribution in [2.45, 2.75) is 18.4 Å². The number of hydrogen-bond donors (Lipinski definition) is 0. The molecule has 0 saturated carbocycles. The van der Waals surface area contributed by atoms with Gasteiger partial charge in [0.2, 0.25) is 0 Å². The number of fused-ring (bicyclic) bond motifs is 1. The lowest BCUT2D eigenvalue weighted by Crippen LogP contribution is -2.49. The Bertz CT molecular complexity index is 1170. The van der Waals surface area contributed by atoms with Crippen molar-refractivity contribution in [3.63, 3.8) is 0 Å². The predicted molar refractivity (Wildman–Crippen MR) is 114 cm³/mol. The molecule has 8 heteroatoms. The fourth-order valence-corrected chi connectivity index (χ4v) is 4.76. The quantitative estimate of drug-likeness (QED) is 0.540. The minimum atomic E-state index is -0.183. The third-order valence-electron chi connectivity index (χ3n) is 5.97. The fourth-order valence-electron chi connectivity index (χ4n) is 4.15. The van der Waals surface area contributed by atoms with E-state index in [1.165, 1.54) is 0 Å². The predicted octanol–water partition coefficient (Wildman–Crippen LogP) is 3.06. The van der Waals surface area contributed by atoms with Gasteiger partial charge in [-0.2, -0.15) is 0 Å². The maximum Gasteiger partial charge on any atom is 0.258 e. The van der Waals surface area contributed by atoms with Crippen molar-refractivity contribution >= 4 is 33.8 Å². The van der Waals surface area contributed by atoms with Crippen LogP contribution in [-0.4, -0.2) is 40.2 Å². The van der Waals surface area contributed by atoms with Crippen LogP contribution in [0.4, 0.5) is 5.69 Å². The smallest absolute Gasteiger partial charge is 0.258 e. The van der Waals surface area contributed by atoms with Gasteiger partial charge in [0.1, 0.15) is 18.4 Å². The molecule has 1 fully saturated rings. The highest BCUT2D eigenvalue weighted by Crippen LogP contribution is 2.39. The zero-order chi connectivity index (χ0) is 20.9. The van der Waals surface area contributed by atoms with Crippen molar-refractivity contribution in [2.75, 3.05) is 18.1 Å². The van der Waals surface area contributed by atoms with Crippen LogP contribution in [0, 0.1) is 0 Å². The molecule has 152 valence electrons. The number of aromatic nitrogens is 3. The Kier molecular flexibility index (Phi) is 4.56. The highest BCUT2D eigenvalue weighted by atomic mass is 79.9. The van der Waals surface area contributed by atoms with E-state index in [0.29, 0.717) is 30.9 Å². The molecule has 1 amide bonds. The molecule has 0 aliphatic carbocycles. The van der Waals surface area contributed by atoms with Gasteiger partial charge in [0.05, 0.1) is 19.8 Å². The van der Waals surface area contributed by atoms with E-state index in [1.54, 1.807) is 23.4 Å². The summed E-state index contributed by atoms with van der Waals surface area (Å²) in [5.74, 6) is 0.803. The maximum atomic E-state index is 13.1. The summed E-state index contributed by atoms with van der Waals surface area (Å²) in [7, 11) is 1.94. The van der Waals surface area contributed by atoms with E-state index in [-0.39, 0.29) is 11.3 Å². The first-order chi connectivity index (χ1) is 14.5. The number of carbonyl (C=O) groups excluding carboxylic acids is 2. The van der Waals surface area contributed by atoms with Crippen LogP contribution < -0.4 is 4.90 Å². The second-order valence-corrected chi connectivity index (χ2v) is 8.75. The molecule has 0 unspecified atom stereocenters. The lowest BCUT2D eigenvalue weighted by Gasteiger charge is -2.42. The Hall–Kier alpha value is -2.84. The molecule has 30 heavy (non-hydrogen) atoms. The lowest BCUT2D eigenvalue weighted by molar-refractivity contribution is -0.0611. The van der Waals surface area contributed by atoms with Gasteiger partial charge in [-0.15, -0.1) is 10.2 Å². The van der Waals surface area contributed by atoms with E-state index in [9.17, 15) is 9.59 Å². The van der Waals surface area contributed by atoms with Gasteiger partial charge in [-0.05, 0) is 35.4 Å². The first kappa shape index (κ1) is 19.1. The first-order valence-electron chi connectivity index (χ1n) is 9.61. The van der Waals surface area contributed by atoms with Crippen LogP contribution in [-0.2, 0) is 30.2 Å². The number of amides is 1. The van der Waals surface area contributed by atoms with E-state index in [1.807, 2.05) is 23.7 Å². The topological polar surface area (TPSA) is 77.3 Å². The summed E-state index contributed by atoms with van der Waals surface area (Å²) in [5, 5.41) is 8.22. The van der Waals surface area contributed by atoms with Gasteiger partial charge in [-0.3, -0.25) is 9.59 Å². The summed E-state index contributed by atoms with van der Waals surface area (Å²) in [6.07, 6.45) is 3.17. The van der Waals surface area contributed by atoms with Crippen LogP contribution in [0.2, 0.25) is 0 Å². The van der Waals surface area contributed by atoms with Gasteiger partial charge >= 0.3 is 0 Å². The zero-order valence-corrected chi connectivity index (χ0v) is 17.9. The molecular weight excluding hydrogens is 448 g/mol. The number of halogens is 1. The number of aryl methyl sites for hydroxylation is 1. The standard InChI is InChI=1S/C22H19BrN4O3/c1-26-13-24-25-20(26)8-22(11-30-12-22)15-3-2-4-16(7-15)27-9-18-17(21(27)29)5-14(10-28)6-19(18)23/h2-7,10,13H,8-9,11-12H2,1H3. The molecule has 3 aromatic rings. The fraction of sp³-hybridized carbons (Fsp3) is 0.273. The van der Waals surface area contributed by atoms with Crippen LogP contribution in [0.3, 0.4) is 0 Å². The van der Waals surface area contributed by atoms with Gasteiger partial charge in [-0.1, -0.05) is 28.1 Å². The minimum absolute atomic E-state index is 0.0984. The summed E-state index contributed by atoms with van der Waals surface area (Å²) in [5.41, 5.74) is 3.72. The van der Waals surface area contributed by atoms with Crippen LogP contribution in [0.1, 0.15) is 37.7 Å². The molecule has 1 saturated heterocycles. The summed E-state index contributed by atoms with van der Waals surface area (Å²) >= 11 is 3.50. The molecule has 1 aromatic heterocycles. The molecule has 2 aromatic carbocycles. The van der Waals surface area contributed by atoms with E-state index in [4.69, 9.17) is 4.74 Å². The highest BCUT2D eigenvalue weighted by molar-refractivity contribution is 9.10. The number of anilines is 1. The summed E-state index contributed by atoms with van der Waals surface area (Å²) in [4.78, 5) is 26.1. The number of benzene rings is 2. The van der Waals surface area contributed by atoms with Crippen LogP contribution in [0.25, 0.3) is 0 Å². The maximum absolute atomic E-state index is 13.1. The van der Waals surface area contributed by atoms with Crippen molar-refractivity contribution in [2.24, 2.45) is 7.05 Å². The van der Waals surface area contributed by atoms with Gasteiger partial charge in [-0.25, -0.2) is 0 Å². The normalized spacial score (nSPS) is 17.0. The van der Waals surface area contributed by atoms with Crippen molar-refractivity contribution in [1.29, 1.82) is 0 Å². The van der Waals surface area contributed by atoms with Crippen molar-refractivity contribution in [3.05, 3.63) is 75.3 Å². The Morgan fingerprint density at radius 2 is 2.10 bits per heavy atom. The number of hydrogen-bond acceptors (Lipinski definition) is 5. The van der Waals surface area contributed by atoms with Gasteiger partial charge in [0, 0.05) is 40.2 Å². The van der Waals surface area contributed by atoms with Gasteiger partial charge < -0.3 is 14.2 Å². The summed E-state index contributed by atoms with van der Waals surface area (Å²) in [6, 6.07) is 11.5. The lowest BCUT2D eigenvalue weighted by atomic mass is 9.75. The van der Waals surface area contributed by atoms with Crippen molar-refractivity contribution in [1.82, 2.24) is 14.8 Å². The number of aldehydes is 1. The molecule has 2 aliphatic rings. The minimum Gasteiger partial charge on any atom is -0.379 e. The Balaban J connectivity index is 1.48. The Morgan fingerprint density at radius 1 is 1.27 bits per heavy atom. The third kappa shape index (κ3) is 2.98. The van der Waals surface area contributed by atoms with E-state index >= 15 is 0 Å². The second kappa shape index (κ2) is 7.14. The number of carbonyl (C=O) groups is 2. The highest BCUT2D eigenvalue weighted by Gasteiger charge is 2.42. The molecule has 0 spiro atoms. The van der Waals surface area contributed by atoms with Crippen LogP contribution in [0.5, 0.6) is 0 Å². The molecular formula is C22H19BrN4O3. The van der Waals surface area contributed by atoms with E-state index in [0.717, 1.165) is 39.8 Å². The number of ether oxygens (including phenoxy) is 1. The average Bonchev–Trinajstić information content (AvgIpc) is 3.28. The number of nitrogens with zero attached hydrogens (tertiary/aromatic N) is 4. The van der Waals surface area contributed by atoms with Crippen LogP contribution >= 0.6 is 15.9 Å². The molecule has 0 N–H and O–H groups in total. The van der Waals surface area contributed by atoms with Gasteiger partial charge in [0.25, 0.3) is 5.91 Å². The average molecular weight is 467 g/mol. The molecule has 5 rings (SSSR count). The zero-order valence-electron chi connectivity index (χ0n) is 16.3. The molecule has 3 heterocycles. The third-order valence-corrected chi connectivity index (χ3v) is 6.68. The van der Waals surface area contributed by atoms with Crippen molar-refractivity contribution in [3.8, 4) is 0 Å². The molecule has 0 atom stereocenters. The van der Waals surface area contributed by atoms with Gasteiger partial charge in [0.15, 0.2) is 0 Å². The first-order valence-corrected chi connectivity index (χ1v) is 10.4. The number of rotatable bonds is 5. The molecule has 0 radical (unpaired) electrons. The van der Waals surface area contributed by atoms with E-state index in [2.05, 4.69) is 38.3 Å².